The molecule has 0 aliphatic heterocycles. The van der Waals surface area contributed by atoms with E-state index in [0.717, 1.165) is 0 Å². The summed E-state index contributed by atoms with van der Waals surface area (Å²) in [7, 11) is -5.14. The molecule has 1 heterocycles. The summed E-state index contributed by atoms with van der Waals surface area (Å²) in [6, 6.07) is 5.41. The second-order valence-electron chi connectivity index (χ2n) is 2.83. The number of rotatable bonds is 2. The van der Waals surface area contributed by atoms with Gasteiger partial charge in [0.1, 0.15) is 6.07 Å². The Labute approximate surface area is 154 Å². The molecule has 0 fully saturated rings. The summed E-state index contributed by atoms with van der Waals surface area (Å²) >= 11 is 0. The fourth-order valence-electron chi connectivity index (χ4n) is 0.571. The first kappa shape index (κ1) is 25.6. The van der Waals surface area contributed by atoms with Gasteiger partial charge in [-0.2, -0.15) is 5.26 Å². The molecule has 12 heteroatoms. The largest absolute Gasteiger partial charge is 2.00 e. The van der Waals surface area contributed by atoms with Crippen LogP contribution in [0.15, 0.2) is 36.7 Å². The van der Waals surface area contributed by atoms with Crippen molar-refractivity contribution < 1.29 is 39.0 Å². The van der Waals surface area contributed by atoms with E-state index < -0.39 is 19.8 Å². The minimum absolute atomic E-state index is 0. The summed E-state index contributed by atoms with van der Waals surface area (Å²) < 4.78 is 8.66. The van der Waals surface area contributed by atoms with Crippen molar-refractivity contribution in [3.8, 4) is 6.07 Å². The molecule has 0 spiro atoms. The minimum atomic E-state index is -5.14. The van der Waals surface area contributed by atoms with Crippen molar-refractivity contribution in [3.63, 3.8) is 0 Å². The van der Waals surface area contributed by atoms with Gasteiger partial charge in [-0.1, -0.05) is 0 Å². The third-order valence-electron chi connectivity index (χ3n) is 1.16. The molecular weight excluding hydrogens is 347 g/mol. The van der Waals surface area contributed by atoms with Gasteiger partial charge in [0.2, 0.25) is 0 Å². The molecule has 114 valence electrons. The monoisotopic (exact) mass is 356 g/mol. The summed E-state index contributed by atoms with van der Waals surface area (Å²) in [4.78, 5) is 47.1. The first-order valence-electron chi connectivity index (χ1n) is 4.75. The zero-order valence-corrected chi connectivity index (χ0v) is 14.0. The summed E-state index contributed by atoms with van der Waals surface area (Å²) in [6.07, 6.45) is 4.28. The van der Waals surface area contributed by atoms with E-state index in [4.69, 9.17) is 34.7 Å². The second-order valence-corrected chi connectivity index (χ2v) is 3.77. The molecule has 0 bridgehead atoms. The number of carbonyl (C=O) groups is 2. The van der Waals surface area contributed by atoms with Crippen LogP contribution in [0.5, 0.6) is 0 Å². The normalized spacial score (nSPS) is 9.00. The third kappa shape index (κ3) is 31.2. The molecule has 0 atom stereocenters. The van der Waals surface area contributed by atoms with E-state index in [-0.39, 0.29) is 37.7 Å². The maximum atomic E-state index is 9.55. The maximum absolute atomic E-state index is 9.55. The van der Waals surface area contributed by atoms with Gasteiger partial charge < -0.3 is 29.5 Å². The number of carboxylic acids is 2. The Morgan fingerprint density at radius 3 is 1.86 bits per heavy atom. The van der Waals surface area contributed by atoms with Crippen molar-refractivity contribution in [3.05, 3.63) is 42.2 Å². The first-order chi connectivity index (χ1) is 9.56. The molecule has 3 N–H and O–H groups in total. The van der Waals surface area contributed by atoms with Crippen LogP contribution in [-0.4, -0.2) is 69.8 Å². The van der Waals surface area contributed by atoms with E-state index in [1.807, 2.05) is 6.07 Å². The van der Waals surface area contributed by atoms with Crippen molar-refractivity contribution in [2.75, 3.05) is 0 Å². The topological polar surface area (TPSA) is 195 Å². The standard InChI is InChI=1S/C6H4N2.C4H4O4.Ca.H3O4P/c7-4-6-2-1-3-8-5-6;5-3(6)1-2-4(7)8;;1-5(2,3)4/h1-3,5H;1-2H,(H,5,6)(H,7,8);;(H3,1,2,3,4)/q;;+2;/p-2/b;2-1-;;. The molecule has 0 saturated heterocycles. The molecule has 0 saturated carbocycles. The van der Waals surface area contributed by atoms with Gasteiger partial charge in [-0.15, -0.1) is 0 Å². The SMILES string of the molecule is N#Cc1cccnc1.O=C(O)/C=C\C(=O)O.O=P([O-])([O-])O.[Ca+2]. The molecular formula is C10H9CaN2O8P. The Hall–Kier alpha value is -1.31. The molecule has 1 rings (SSSR count). The number of carboxylic acid groups (broad SMARTS) is 2. The maximum Gasteiger partial charge on any atom is 2.00 e. The van der Waals surface area contributed by atoms with Crippen molar-refractivity contribution in [2.45, 2.75) is 0 Å². The predicted octanol–water partition coefficient (Wildman–Crippen LogP) is -1.91. The predicted molar refractivity (Wildman–Crippen MR) is 68.9 cm³/mol. The molecule has 10 nitrogen and oxygen atoms in total. The summed E-state index contributed by atoms with van der Waals surface area (Å²) in [5.74, 6) is -2.51. The average molecular weight is 356 g/mol. The Kier molecular flexibility index (Phi) is 17.0. The van der Waals surface area contributed by atoms with Gasteiger partial charge in [-0.25, -0.2) is 9.59 Å². The molecule has 0 radical (unpaired) electrons. The van der Waals surface area contributed by atoms with Crippen LogP contribution in [0.2, 0.25) is 0 Å². The van der Waals surface area contributed by atoms with Crippen molar-refractivity contribution in [2.24, 2.45) is 0 Å². The zero-order chi connectivity index (χ0) is 16.9. The van der Waals surface area contributed by atoms with E-state index >= 15 is 0 Å². The van der Waals surface area contributed by atoms with Crippen LogP contribution in [0, 0.1) is 11.3 Å². The van der Waals surface area contributed by atoms with Gasteiger partial charge in [0.15, 0.2) is 0 Å². The second kappa shape index (κ2) is 14.6. The minimum Gasteiger partial charge on any atom is -0.790 e. The fraction of sp³-hybridized carbons (Fsp3) is 0. The van der Waals surface area contributed by atoms with Crippen molar-refractivity contribution in [1.29, 1.82) is 5.26 Å². The molecule has 22 heavy (non-hydrogen) atoms. The molecule has 0 aliphatic rings. The molecule has 0 amide bonds. The summed E-state index contributed by atoms with van der Waals surface area (Å²) in [5, 5.41) is 23.9. The van der Waals surface area contributed by atoms with Crippen LogP contribution in [0.1, 0.15) is 5.56 Å². The summed E-state index contributed by atoms with van der Waals surface area (Å²) in [5.41, 5.74) is 0.604. The molecule has 1 aromatic rings. The Balaban J connectivity index is -0.000000248. The molecule has 0 unspecified atom stereocenters. The quantitative estimate of drug-likeness (QED) is 0.305. The fourth-order valence-corrected chi connectivity index (χ4v) is 0.571. The van der Waals surface area contributed by atoms with E-state index in [9.17, 15) is 9.59 Å². The van der Waals surface area contributed by atoms with Gasteiger partial charge >= 0.3 is 49.7 Å². The van der Waals surface area contributed by atoms with Crippen molar-refractivity contribution >= 4 is 57.5 Å². The van der Waals surface area contributed by atoms with Crippen LogP contribution < -0.4 is 9.79 Å². The number of hydrogen-bond acceptors (Lipinski definition) is 7. The molecule has 0 aliphatic carbocycles. The number of nitriles is 1. The van der Waals surface area contributed by atoms with E-state index in [1.54, 1.807) is 18.3 Å². The van der Waals surface area contributed by atoms with Crippen LogP contribution in [0.4, 0.5) is 0 Å². The number of aromatic nitrogens is 1. The Bertz CT molecular complexity index is 542. The van der Waals surface area contributed by atoms with Gasteiger partial charge in [0.25, 0.3) is 0 Å². The summed E-state index contributed by atoms with van der Waals surface area (Å²) in [6.45, 7) is 0. The number of nitrogens with zero attached hydrogens (tertiary/aromatic N) is 2. The van der Waals surface area contributed by atoms with Gasteiger partial charge in [-0.3, -0.25) is 4.98 Å². The van der Waals surface area contributed by atoms with Crippen LogP contribution in [0.25, 0.3) is 0 Å². The zero-order valence-electron chi connectivity index (χ0n) is 10.9. The van der Waals surface area contributed by atoms with Crippen LogP contribution in [0.3, 0.4) is 0 Å². The molecule has 1 aromatic heterocycles. The van der Waals surface area contributed by atoms with Gasteiger partial charge in [-0.05, 0) is 12.1 Å². The first-order valence-corrected chi connectivity index (χ1v) is 6.24. The Morgan fingerprint density at radius 1 is 1.27 bits per heavy atom. The number of pyridine rings is 1. The Morgan fingerprint density at radius 2 is 1.68 bits per heavy atom. The number of phosphoric acid groups is 1. The smallest absolute Gasteiger partial charge is 0.790 e. The van der Waals surface area contributed by atoms with Gasteiger partial charge in [0, 0.05) is 24.5 Å². The van der Waals surface area contributed by atoms with Gasteiger partial charge in [0.05, 0.1) is 13.4 Å². The van der Waals surface area contributed by atoms with Crippen molar-refractivity contribution in [1.82, 2.24) is 4.98 Å². The number of aliphatic carboxylic acids is 2. The van der Waals surface area contributed by atoms with Crippen LogP contribution in [-0.2, 0) is 14.2 Å². The van der Waals surface area contributed by atoms with E-state index in [1.165, 1.54) is 6.20 Å². The van der Waals surface area contributed by atoms with E-state index in [2.05, 4.69) is 4.98 Å². The molecule has 0 aromatic carbocycles. The third-order valence-corrected chi connectivity index (χ3v) is 1.16. The number of hydrogen-bond donors (Lipinski definition) is 3. The van der Waals surface area contributed by atoms with E-state index in [0.29, 0.717) is 17.7 Å². The van der Waals surface area contributed by atoms with Crippen LogP contribution >= 0.6 is 7.82 Å². The average Bonchev–Trinajstić information content (AvgIpc) is 2.36.